The smallest absolute Gasteiger partial charge is 0.250 e. The number of rotatable bonds is 12. The fourth-order valence-corrected chi connectivity index (χ4v) is 4.48. The first-order valence-corrected chi connectivity index (χ1v) is 12.6. The van der Waals surface area contributed by atoms with Crippen LogP contribution in [0.2, 0.25) is 0 Å². The summed E-state index contributed by atoms with van der Waals surface area (Å²) in [5.74, 6) is 1.68. The summed E-state index contributed by atoms with van der Waals surface area (Å²) < 4.78 is 14.0. The van der Waals surface area contributed by atoms with Crippen molar-refractivity contribution in [2.45, 2.75) is 45.4 Å². The van der Waals surface area contributed by atoms with Crippen molar-refractivity contribution in [3.8, 4) is 11.5 Å². The number of ether oxygens (including phenoxy) is 2. The normalized spacial score (nSPS) is 12.1. The van der Waals surface area contributed by atoms with Crippen molar-refractivity contribution in [1.29, 1.82) is 0 Å². The van der Waals surface area contributed by atoms with E-state index in [1.807, 2.05) is 54.7 Å². The average molecular weight is 486 g/mol. The number of aromatic nitrogens is 2. The molecule has 1 unspecified atom stereocenters. The van der Waals surface area contributed by atoms with E-state index in [9.17, 15) is 4.79 Å². The molecule has 188 valence electrons. The number of benzene rings is 2. The lowest BCUT2D eigenvalue weighted by molar-refractivity contribution is 0.0113. The Hall–Kier alpha value is -3.64. The van der Waals surface area contributed by atoms with Gasteiger partial charge in [-0.25, -0.2) is 0 Å². The Kier molecular flexibility index (Phi) is 8.74. The molecule has 36 heavy (non-hydrogen) atoms. The zero-order chi connectivity index (χ0) is 25.3. The predicted molar refractivity (Wildman–Crippen MR) is 144 cm³/mol. The maximum atomic E-state index is 12.0. The van der Waals surface area contributed by atoms with Crippen LogP contribution in [0.4, 0.5) is 0 Å². The van der Waals surface area contributed by atoms with Crippen molar-refractivity contribution >= 4 is 10.9 Å². The summed E-state index contributed by atoms with van der Waals surface area (Å²) in [6, 6.07) is 21.7. The third kappa shape index (κ3) is 6.32. The molecule has 2 aromatic carbocycles. The number of methoxy groups -OCH3 is 1. The molecular weight excluding hydrogens is 450 g/mol. The molecule has 0 aliphatic carbocycles. The highest BCUT2D eigenvalue weighted by atomic mass is 16.5. The second-order valence-corrected chi connectivity index (χ2v) is 9.06. The molecule has 6 nitrogen and oxygen atoms in total. The van der Waals surface area contributed by atoms with Crippen molar-refractivity contribution in [2.24, 2.45) is 7.05 Å². The Morgan fingerprint density at radius 3 is 2.69 bits per heavy atom. The van der Waals surface area contributed by atoms with Gasteiger partial charge >= 0.3 is 0 Å². The predicted octanol–water partition coefficient (Wildman–Crippen LogP) is 5.58. The van der Waals surface area contributed by atoms with Gasteiger partial charge < -0.3 is 14.0 Å². The highest BCUT2D eigenvalue weighted by molar-refractivity contribution is 5.80. The summed E-state index contributed by atoms with van der Waals surface area (Å²) in [5, 5.41) is 0.982. The molecule has 0 spiro atoms. The fraction of sp³-hybridized carbons (Fsp3) is 0.333. The van der Waals surface area contributed by atoms with Crippen molar-refractivity contribution in [2.75, 3.05) is 13.7 Å². The van der Waals surface area contributed by atoms with Crippen LogP contribution in [-0.4, -0.2) is 34.3 Å². The standard InChI is InChI=1S/C30H35N3O3/c1-4-5-12-30(36-26-14-15-27-24(20-26)13-16-29(34)32(27)2)33(19-17-23-9-8-18-31-21-23)22-25-10-6-7-11-28(25)35-3/h6-11,13-16,18,20-21,30H,4-5,12,17,19,22H2,1-3H3. The van der Waals surface area contributed by atoms with Crippen molar-refractivity contribution in [3.05, 3.63) is 101 Å². The van der Waals surface area contributed by atoms with E-state index >= 15 is 0 Å². The monoisotopic (exact) mass is 485 g/mol. The lowest BCUT2D eigenvalue weighted by Gasteiger charge is -2.33. The summed E-state index contributed by atoms with van der Waals surface area (Å²) >= 11 is 0. The van der Waals surface area contributed by atoms with E-state index in [0.717, 1.165) is 60.2 Å². The summed E-state index contributed by atoms with van der Waals surface area (Å²) in [7, 11) is 3.51. The van der Waals surface area contributed by atoms with Crippen LogP contribution in [0.25, 0.3) is 10.9 Å². The molecule has 2 aromatic heterocycles. The number of nitrogens with zero attached hydrogens (tertiary/aromatic N) is 3. The average Bonchev–Trinajstić information content (AvgIpc) is 2.92. The number of hydrogen-bond acceptors (Lipinski definition) is 5. The summed E-state index contributed by atoms with van der Waals surface area (Å²) in [6.07, 6.45) is 7.54. The van der Waals surface area contributed by atoms with Gasteiger partial charge in [0.05, 0.1) is 12.6 Å². The van der Waals surface area contributed by atoms with E-state index in [0.29, 0.717) is 6.54 Å². The van der Waals surface area contributed by atoms with Crippen LogP contribution in [0.15, 0.2) is 83.9 Å². The van der Waals surface area contributed by atoms with Crippen molar-refractivity contribution < 1.29 is 9.47 Å². The van der Waals surface area contributed by atoms with Crippen LogP contribution in [0.1, 0.15) is 37.3 Å². The zero-order valence-corrected chi connectivity index (χ0v) is 21.4. The number of hydrogen-bond donors (Lipinski definition) is 0. The molecule has 2 heterocycles. The lowest BCUT2D eigenvalue weighted by atomic mass is 10.1. The van der Waals surface area contributed by atoms with Crippen LogP contribution in [-0.2, 0) is 20.0 Å². The molecule has 0 radical (unpaired) electrons. The highest BCUT2D eigenvalue weighted by Gasteiger charge is 2.22. The van der Waals surface area contributed by atoms with Crippen molar-refractivity contribution in [3.63, 3.8) is 0 Å². The van der Waals surface area contributed by atoms with Crippen LogP contribution < -0.4 is 15.0 Å². The molecule has 0 bridgehead atoms. The Morgan fingerprint density at radius 2 is 1.92 bits per heavy atom. The van der Waals surface area contributed by atoms with Gasteiger partial charge in [-0.3, -0.25) is 14.7 Å². The van der Waals surface area contributed by atoms with Gasteiger partial charge in [0.25, 0.3) is 5.56 Å². The van der Waals surface area contributed by atoms with Gasteiger partial charge in [0.1, 0.15) is 11.5 Å². The van der Waals surface area contributed by atoms with Gasteiger partial charge in [-0.1, -0.05) is 37.6 Å². The number of para-hydroxylation sites is 1. The van der Waals surface area contributed by atoms with E-state index < -0.39 is 0 Å². The number of aryl methyl sites for hydroxylation is 1. The number of fused-ring (bicyclic) bond motifs is 1. The molecule has 0 aliphatic heterocycles. The minimum Gasteiger partial charge on any atom is -0.496 e. The first-order chi connectivity index (χ1) is 17.6. The molecule has 0 fully saturated rings. The molecule has 1 atom stereocenters. The number of pyridine rings is 2. The van der Waals surface area contributed by atoms with Crippen LogP contribution >= 0.6 is 0 Å². The van der Waals surface area contributed by atoms with Crippen molar-refractivity contribution in [1.82, 2.24) is 14.5 Å². The molecule has 0 saturated heterocycles. The topological polar surface area (TPSA) is 56.6 Å². The van der Waals surface area contributed by atoms with Crippen LogP contribution in [0.5, 0.6) is 11.5 Å². The van der Waals surface area contributed by atoms with Gasteiger partial charge in [-0.15, -0.1) is 0 Å². The van der Waals surface area contributed by atoms with Gasteiger partial charge in [-0.05, 0) is 61.2 Å². The van der Waals surface area contributed by atoms with E-state index in [2.05, 4.69) is 28.9 Å². The minimum atomic E-state index is -0.114. The highest BCUT2D eigenvalue weighted by Crippen LogP contribution is 2.26. The Labute approximate surface area is 213 Å². The first-order valence-electron chi connectivity index (χ1n) is 12.6. The van der Waals surface area contributed by atoms with E-state index in [1.165, 1.54) is 5.56 Å². The quantitative estimate of drug-likeness (QED) is 0.245. The minimum absolute atomic E-state index is 0.0182. The maximum absolute atomic E-state index is 12.0. The molecule has 0 amide bonds. The van der Waals surface area contributed by atoms with Gasteiger partial charge in [-0.2, -0.15) is 0 Å². The fourth-order valence-electron chi connectivity index (χ4n) is 4.48. The Bertz CT molecular complexity index is 1320. The van der Waals surface area contributed by atoms with Gasteiger partial charge in [0.15, 0.2) is 6.23 Å². The second-order valence-electron chi connectivity index (χ2n) is 9.06. The van der Waals surface area contributed by atoms with E-state index in [4.69, 9.17) is 9.47 Å². The third-order valence-corrected chi connectivity index (χ3v) is 6.56. The SMILES string of the molecule is CCCCC(Oc1ccc2c(ccc(=O)n2C)c1)N(CCc1cccnc1)Cc1ccccc1OC. The van der Waals surface area contributed by atoms with Gasteiger partial charge in [0.2, 0.25) is 0 Å². The summed E-state index contributed by atoms with van der Waals surface area (Å²) in [5.41, 5.74) is 3.20. The molecule has 0 saturated carbocycles. The lowest BCUT2D eigenvalue weighted by Crippen LogP contribution is -2.40. The first kappa shape index (κ1) is 25.5. The van der Waals surface area contributed by atoms with E-state index in [1.54, 1.807) is 31.0 Å². The summed E-state index contributed by atoms with van der Waals surface area (Å²) in [6.45, 7) is 3.73. The summed E-state index contributed by atoms with van der Waals surface area (Å²) in [4.78, 5) is 18.7. The van der Waals surface area contributed by atoms with Gasteiger partial charge in [0, 0.05) is 49.5 Å². The Morgan fingerprint density at radius 1 is 1.06 bits per heavy atom. The molecule has 0 N–H and O–H groups in total. The molecule has 6 heteroatoms. The second kappa shape index (κ2) is 12.4. The zero-order valence-electron chi connectivity index (χ0n) is 21.4. The number of unbranched alkanes of at least 4 members (excludes halogenated alkanes) is 1. The molecule has 4 aromatic rings. The molecule has 4 rings (SSSR count). The van der Waals surface area contributed by atoms with E-state index in [-0.39, 0.29) is 11.8 Å². The van der Waals surface area contributed by atoms with Crippen LogP contribution in [0, 0.1) is 0 Å². The largest absolute Gasteiger partial charge is 0.496 e. The molecular formula is C30H35N3O3. The third-order valence-electron chi connectivity index (χ3n) is 6.56. The maximum Gasteiger partial charge on any atom is 0.250 e. The van der Waals surface area contributed by atoms with Crippen LogP contribution in [0.3, 0.4) is 0 Å². The molecule has 0 aliphatic rings. The Balaban J connectivity index is 1.64.